The topological polar surface area (TPSA) is 110 Å². The Labute approximate surface area is 212 Å². The van der Waals surface area contributed by atoms with Crippen LogP contribution in [-0.4, -0.2) is 60.6 Å². The molecule has 5 rings (SSSR count). The number of nitrogens with zero attached hydrogens (tertiary/aromatic N) is 5. The second kappa shape index (κ2) is 10.8. The van der Waals surface area contributed by atoms with Gasteiger partial charge in [-0.05, 0) is 44.7 Å². The van der Waals surface area contributed by atoms with E-state index in [2.05, 4.69) is 15.4 Å². The molecule has 0 radical (unpaired) electrons. The normalized spacial score (nSPS) is 18.0. The maximum atomic E-state index is 13.6. The van der Waals surface area contributed by atoms with E-state index in [-0.39, 0.29) is 25.4 Å². The fraction of sp³-hybridized carbons (Fsp3) is 0.423. The Balaban J connectivity index is 1.41. The van der Waals surface area contributed by atoms with Gasteiger partial charge in [-0.15, -0.1) is 0 Å². The third-order valence-corrected chi connectivity index (χ3v) is 6.80. The molecule has 4 aromatic rings. The minimum absolute atomic E-state index is 0.0893. The Kier molecular flexibility index (Phi) is 7.33. The van der Waals surface area contributed by atoms with Crippen molar-refractivity contribution < 1.29 is 23.7 Å². The van der Waals surface area contributed by atoms with Gasteiger partial charge in [-0.25, -0.2) is 13.8 Å². The molecule has 1 aliphatic carbocycles. The zero-order chi connectivity index (χ0) is 25.9. The van der Waals surface area contributed by atoms with Gasteiger partial charge in [-0.1, -0.05) is 0 Å². The highest BCUT2D eigenvalue weighted by atomic mass is 19.2. The summed E-state index contributed by atoms with van der Waals surface area (Å²) < 4.78 is 36.3. The largest absolute Gasteiger partial charge is 0.490 e. The van der Waals surface area contributed by atoms with Crippen LogP contribution in [0.5, 0.6) is 5.75 Å². The molecule has 0 aliphatic heterocycles. The summed E-state index contributed by atoms with van der Waals surface area (Å²) in [6, 6.07) is 5.21. The average Bonchev–Trinajstić information content (AvgIpc) is 3.53. The lowest BCUT2D eigenvalue weighted by Crippen LogP contribution is -2.26. The molecule has 0 amide bonds. The van der Waals surface area contributed by atoms with E-state index in [1.165, 1.54) is 6.07 Å². The molecule has 11 heteroatoms. The fourth-order valence-electron chi connectivity index (χ4n) is 4.84. The van der Waals surface area contributed by atoms with Crippen molar-refractivity contribution in [2.24, 2.45) is 0 Å². The molecule has 37 heavy (non-hydrogen) atoms. The summed E-state index contributed by atoms with van der Waals surface area (Å²) in [4.78, 5) is 4.54. The molecule has 0 spiro atoms. The van der Waals surface area contributed by atoms with Crippen LogP contribution in [-0.2, 0) is 0 Å². The van der Waals surface area contributed by atoms with Gasteiger partial charge < -0.3 is 20.3 Å². The molecule has 1 aliphatic rings. The minimum Gasteiger partial charge on any atom is -0.490 e. The predicted octanol–water partition coefficient (Wildman–Crippen LogP) is 4.09. The zero-order valence-corrected chi connectivity index (χ0v) is 20.5. The summed E-state index contributed by atoms with van der Waals surface area (Å²) in [7, 11) is 0. The number of aliphatic hydroxyl groups is 2. The van der Waals surface area contributed by atoms with Crippen molar-refractivity contribution in [3.05, 3.63) is 54.5 Å². The first-order valence-corrected chi connectivity index (χ1v) is 12.5. The molecule has 0 saturated heterocycles. The van der Waals surface area contributed by atoms with Crippen LogP contribution in [0.15, 0.2) is 42.9 Å². The number of anilines is 1. The molecule has 0 unspecified atom stereocenters. The van der Waals surface area contributed by atoms with Crippen molar-refractivity contribution in [1.29, 1.82) is 0 Å². The Hall–Kier alpha value is -3.57. The first-order chi connectivity index (χ1) is 18.0. The molecule has 0 bridgehead atoms. The number of hydrogen-bond donors (Lipinski definition) is 3. The van der Waals surface area contributed by atoms with Crippen LogP contribution < -0.4 is 10.1 Å². The highest BCUT2D eigenvalue weighted by Crippen LogP contribution is 2.36. The standard InChI is InChI=1S/C26H30F2N6O3/c1-2-29-25-10-24-21(12-30-25)26(16-11-31-33(13-16)18(14-35)15-36)32-34(24)17-3-5-19(6-4-17)37-20-7-8-22(27)23(28)9-20/h7-13,17-19,35-36H,2-6,14-15H2,1H3,(H,29,30). The van der Waals surface area contributed by atoms with Crippen LogP contribution in [0.25, 0.3) is 22.2 Å². The van der Waals surface area contributed by atoms with Crippen molar-refractivity contribution in [2.75, 3.05) is 25.1 Å². The summed E-state index contributed by atoms with van der Waals surface area (Å²) >= 11 is 0. The van der Waals surface area contributed by atoms with E-state index in [4.69, 9.17) is 9.84 Å². The van der Waals surface area contributed by atoms with Gasteiger partial charge in [0.05, 0.1) is 43.1 Å². The lowest BCUT2D eigenvalue weighted by Gasteiger charge is -2.29. The third-order valence-electron chi connectivity index (χ3n) is 6.80. The van der Waals surface area contributed by atoms with Crippen molar-refractivity contribution >= 4 is 16.7 Å². The highest BCUT2D eigenvalue weighted by Gasteiger charge is 2.27. The Morgan fingerprint density at radius 2 is 1.86 bits per heavy atom. The molecule has 0 atom stereocenters. The van der Waals surface area contributed by atoms with E-state index in [0.29, 0.717) is 5.75 Å². The van der Waals surface area contributed by atoms with Gasteiger partial charge in [0.25, 0.3) is 0 Å². The molecular weight excluding hydrogens is 482 g/mol. The number of rotatable bonds is 9. The molecule has 3 heterocycles. The number of nitrogens with one attached hydrogen (secondary N) is 1. The predicted molar refractivity (Wildman–Crippen MR) is 134 cm³/mol. The number of halogens is 2. The second-order valence-corrected chi connectivity index (χ2v) is 9.26. The van der Waals surface area contributed by atoms with Gasteiger partial charge >= 0.3 is 0 Å². The van der Waals surface area contributed by atoms with Gasteiger partial charge in [0.1, 0.15) is 17.3 Å². The monoisotopic (exact) mass is 512 g/mol. The lowest BCUT2D eigenvalue weighted by molar-refractivity contribution is 0.130. The number of pyridine rings is 1. The lowest BCUT2D eigenvalue weighted by atomic mass is 9.93. The molecule has 196 valence electrons. The molecule has 1 fully saturated rings. The number of benzene rings is 1. The average molecular weight is 513 g/mol. The Morgan fingerprint density at radius 3 is 2.57 bits per heavy atom. The van der Waals surface area contributed by atoms with Crippen LogP contribution in [0.1, 0.15) is 44.7 Å². The minimum atomic E-state index is -0.917. The Bertz CT molecular complexity index is 1360. The smallest absolute Gasteiger partial charge is 0.162 e. The summed E-state index contributed by atoms with van der Waals surface area (Å²) in [5.74, 6) is -0.719. The van der Waals surface area contributed by atoms with Gasteiger partial charge in [-0.3, -0.25) is 9.36 Å². The first-order valence-electron chi connectivity index (χ1n) is 12.5. The highest BCUT2D eigenvalue weighted by molar-refractivity contribution is 5.93. The van der Waals surface area contributed by atoms with Crippen LogP contribution in [0, 0.1) is 11.6 Å². The quantitative estimate of drug-likeness (QED) is 0.310. The van der Waals surface area contributed by atoms with Gasteiger partial charge in [0.2, 0.25) is 0 Å². The van der Waals surface area contributed by atoms with Crippen LogP contribution in [0.3, 0.4) is 0 Å². The molecule has 9 nitrogen and oxygen atoms in total. The number of hydrogen-bond acceptors (Lipinski definition) is 7. The maximum absolute atomic E-state index is 13.6. The summed E-state index contributed by atoms with van der Waals surface area (Å²) in [5.41, 5.74) is 2.44. The van der Waals surface area contributed by atoms with Crippen LogP contribution >= 0.6 is 0 Å². The number of aliphatic hydroxyl groups excluding tert-OH is 2. The SMILES string of the molecule is CCNc1cc2c(cn1)c(-c1cnn(C(CO)CO)c1)nn2C1CCC(Oc2ccc(F)c(F)c2)CC1. The molecule has 1 aromatic carbocycles. The number of ether oxygens (including phenoxy) is 1. The maximum Gasteiger partial charge on any atom is 0.162 e. The van der Waals surface area contributed by atoms with Gasteiger partial charge in [0.15, 0.2) is 11.6 Å². The van der Waals surface area contributed by atoms with Crippen molar-refractivity contribution in [3.8, 4) is 17.0 Å². The molecule has 1 saturated carbocycles. The van der Waals surface area contributed by atoms with E-state index in [1.807, 2.05) is 17.7 Å². The summed E-state index contributed by atoms with van der Waals surface area (Å²) in [5, 5.41) is 32.5. The Morgan fingerprint density at radius 1 is 1.08 bits per heavy atom. The third kappa shape index (κ3) is 5.14. The summed E-state index contributed by atoms with van der Waals surface area (Å²) in [6.07, 6.45) is 8.27. The van der Waals surface area contributed by atoms with E-state index < -0.39 is 17.7 Å². The molecular formula is C26H30F2N6O3. The molecule has 3 aromatic heterocycles. The van der Waals surface area contributed by atoms with Gasteiger partial charge in [-0.2, -0.15) is 10.2 Å². The zero-order valence-electron chi connectivity index (χ0n) is 20.5. The van der Waals surface area contributed by atoms with E-state index in [0.717, 1.165) is 72.3 Å². The number of aromatic nitrogens is 5. The van der Waals surface area contributed by atoms with E-state index in [9.17, 15) is 19.0 Å². The fourth-order valence-corrected chi connectivity index (χ4v) is 4.84. The first kappa shape index (κ1) is 25.1. The second-order valence-electron chi connectivity index (χ2n) is 9.26. The van der Waals surface area contributed by atoms with E-state index in [1.54, 1.807) is 23.3 Å². The van der Waals surface area contributed by atoms with Crippen LogP contribution in [0.4, 0.5) is 14.6 Å². The van der Waals surface area contributed by atoms with Crippen molar-refractivity contribution in [2.45, 2.75) is 50.8 Å². The summed E-state index contributed by atoms with van der Waals surface area (Å²) in [6.45, 7) is 2.30. The van der Waals surface area contributed by atoms with Crippen molar-refractivity contribution in [1.82, 2.24) is 24.5 Å². The van der Waals surface area contributed by atoms with Gasteiger partial charge in [0, 0.05) is 42.0 Å². The van der Waals surface area contributed by atoms with Crippen molar-refractivity contribution in [3.63, 3.8) is 0 Å². The number of fused-ring (bicyclic) bond motifs is 1. The molecule has 3 N–H and O–H groups in total. The van der Waals surface area contributed by atoms with Crippen LogP contribution in [0.2, 0.25) is 0 Å². The van der Waals surface area contributed by atoms with E-state index >= 15 is 0 Å².